The standard InChI is InChI=1S/C12H12ClN3O3S/c13-12-4-3-11(6-9(12)8-17)20(18,19)15-7-10-2-1-5-14-16-10/h1-6,15,17H,7-8H2. The Morgan fingerprint density at radius 2 is 2.10 bits per heavy atom. The summed E-state index contributed by atoms with van der Waals surface area (Å²) in [6, 6.07) is 7.48. The number of aliphatic hydroxyl groups is 1. The highest BCUT2D eigenvalue weighted by Crippen LogP contribution is 2.20. The zero-order valence-corrected chi connectivity index (χ0v) is 11.9. The normalized spacial score (nSPS) is 11.5. The Hall–Kier alpha value is -1.54. The minimum absolute atomic E-state index is 0.0350. The molecule has 0 atom stereocenters. The van der Waals surface area contributed by atoms with E-state index in [1.165, 1.54) is 24.4 Å². The molecule has 2 N–H and O–H groups in total. The van der Waals surface area contributed by atoms with Crippen molar-refractivity contribution in [1.29, 1.82) is 0 Å². The predicted octanol–water partition coefficient (Wildman–Crippen LogP) is 1.10. The first-order valence-corrected chi connectivity index (χ1v) is 7.54. The number of nitrogens with one attached hydrogen (secondary N) is 1. The van der Waals surface area contributed by atoms with Crippen molar-refractivity contribution >= 4 is 21.6 Å². The van der Waals surface area contributed by atoms with Gasteiger partial charge in [-0.15, -0.1) is 0 Å². The van der Waals surface area contributed by atoms with E-state index in [1.54, 1.807) is 12.1 Å². The van der Waals surface area contributed by atoms with Crippen molar-refractivity contribution in [3.05, 3.63) is 52.8 Å². The molecular formula is C12H12ClN3O3S. The van der Waals surface area contributed by atoms with Gasteiger partial charge in [0.15, 0.2) is 0 Å². The molecule has 20 heavy (non-hydrogen) atoms. The molecule has 1 aromatic heterocycles. The third kappa shape index (κ3) is 3.51. The predicted molar refractivity (Wildman–Crippen MR) is 73.4 cm³/mol. The Morgan fingerprint density at radius 1 is 1.30 bits per heavy atom. The van der Waals surface area contributed by atoms with E-state index in [0.29, 0.717) is 16.3 Å². The Morgan fingerprint density at radius 3 is 2.75 bits per heavy atom. The molecule has 1 heterocycles. The van der Waals surface area contributed by atoms with Gasteiger partial charge in [-0.05, 0) is 35.9 Å². The SMILES string of the molecule is O=S(=O)(NCc1cccnn1)c1ccc(Cl)c(CO)c1. The number of nitrogens with zero attached hydrogens (tertiary/aromatic N) is 2. The first-order chi connectivity index (χ1) is 9.53. The maximum atomic E-state index is 12.1. The topological polar surface area (TPSA) is 92.2 Å². The molecule has 106 valence electrons. The molecule has 0 aliphatic heterocycles. The number of aromatic nitrogens is 2. The van der Waals surface area contributed by atoms with E-state index in [1.807, 2.05) is 0 Å². The summed E-state index contributed by atoms with van der Waals surface area (Å²) in [6.07, 6.45) is 1.50. The van der Waals surface area contributed by atoms with E-state index in [0.717, 1.165) is 0 Å². The third-order valence-corrected chi connectivity index (χ3v) is 4.34. The van der Waals surface area contributed by atoms with Crippen molar-refractivity contribution in [3.63, 3.8) is 0 Å². The van der Waals surface area contributed by atoms with Crippen LogP contribution in [0.25, 0.3) is 0 Å². The van der Waals surface area contributed by atoms with Crippen LogP contribution in [-0.2, 0) is 23.2 Å². The van der Waals surface area contributed by atoms with Crippen molar-refractivity contribution in [2.24, 2.45) is 0 Å². The molecule has 0 amide bonds. The second-order valence-electron chi connectivity index (χ2n) is 3.95. The van der Waals surface area contributed by atoms with E-state index < -0.39 is 10.0 Å². The molecule has 0 fully saturated rings. The van der Waals surface area contributed by atoms with E-state index in [4.69, 9.17) is 16.7 Å². The summed E-state index contributed by atoms with van der Waals surface area (Å²) in [5.41, 5.74) is 0.862. The van der Waals surface area contributed by atoms with Crippen molar-refractivity contribution in [2.75, 3.05) is 0 Å². The summed E-state index contributed by atoms with van der Waals surface area (Å²) in [7, 11) is -3.70. The highest BCUT2D eigenvalue weighted by Gasteiger charge is 2.15. The van der Waals surface area contributed by atoms with Gasteiger partial charge < -0.3 is 5.11 Å². The first kappa shape index (κ1) is 14.9. The van der Waals surface area contributed by atoms with E-state index in [-0.39, 0.29) is 18.0 Å². The number of sulfonamides is 1. The molecule has 6 nitrogen and oxygen atoms in total. The lowest BCUT2D eigenvalue weighted by atomic mass is 10.2. The second-order valence-corrected chi connectivity index (χ2v) is 6.13. The van der Waals surface area contributed by atoms with Gasteiger partial charge in [-0.3, -0.25) is 0 Å². The third-order valence-electron chi connectivity index (χ3n) is 2.57. The maximum absolute atomic E-state index is 12.1. The number of hydrogen-bond acceptors (Lipinski definition) is 5. The van der Waals surface area contributed by atoms with E-state index >= 15 is 0 Å². The number of rotatable bonds is 5. The molecule has 0 bridgehead atoms. The lowest BCUT2D eigenvalue weighted by molar-refractivity contribution is 0.281. The minimum Gasteiger partial charge on any atom is -0.392 e. The van der Waals surface area contributed by atoms with E-state index in [2.05, 4.69) is 14.9 Å². The molecule has 0 unspecified atom stereocenters. The first-order valence-electron chi connectivity index (χ1n) is 5.68. The number of hydrogen-bond donors (Lipinski definition) is 2. The van der Waals surface area contributed by atoms with Crippen LogP contribution in [0, 0.1) is 0 Å². The van der Waals surface area contributed by atoms with Crippen molar-refractivity contribution < 1.29 is 13.5 Å². The Kier molecular flexibility index (Phi) is 4.66. The average Bonchev–Trinajstić information content (AvgIpc) is 2.46. The molecule has 0 saturated heterocycles. The highest BCUT2D eigenvalue weighted by molar-refractivity contribution is 7.89. The van der Waals surface area contributed by atoms with Gasteiger partial charge in [-0.1, -0.05) is 11.6 Å². The molecule has 0 saturated carbocycles. The lowest BCUT2D eigenvalue weighted by Crippen LogP contribution is -2.24. The van der Waals surface area contributed by atoms with Crippen LogP contribution in [0.15, 0.2) is 41.4 Å². The summed E-state index contributed by atoms with van der Waals surface area (Å²) in [5.74, 6) is 0. The smallest absolute Gasteiger partial charge is 0.240 e. The van der Waals surface area contributed by atoms with Crippen LogP contribution in [0.1, 0.15) is 11.3 Å². The number of benzene rings is 1. The molecule has 0 spiro atoms. The molecule has 2 rings (SSSR count). The van der Waals surface area contributed by atoms with Gasteiger partial charge >= 0.3 is 0 Å². The second kappa shape index (κ2) is 6.27. The van der Waals surface area contributed by atoms with Gasteiger partial charge in [0, 0.05) is 11.2 Å². The van der Waals surface area contributed by atoms with Gasteiger partial charge in [0.05, 0.1) is 23.7 Å². The van der Waals surface area contributed by atoms with Gasteiger partial charge in [-0.25, -0.2) is 13.1 Å². The fraction of sp³-hybridized carbons (Fsp3) is 0.167. The summed E-state index contributed by atoms with van der Waals surface area (Å²) in [6.45, 7) is -0.292. The van der Waals surface area contributed by atoms with Crippen LogP contribution in [0.3, 0.4) is 0 Å². The van der Waals surface area contributed by atoms with Crippen LogP contribution in [0.2, 0.25) is 5.02 Å². The maximum Gasteiger partial charge on any atom is 0.240 e. The molecule has 1 aromatic carbocycles. The Balaban J connectivity index is 2.18. The van der Waals surface area contributed by atoms with Crippen LogP contribution in [0.4, 0.5) is 0 Å². The largest absolute Gasteiger partial charge is 0.392 e. The van der Waals surface area contributed by atoms with E-state index in [9.17, 15) is 8.42 Å². The van der Waals surface area contributed by atoms with Crippen LogP contribution in [-0.4, -0.2) is 23.7 Å². The Bertz CT molecular complexity index is 692. The molecule has 0 radical (unpaired) electrons. The molecule has 8 heteroatoms. The quantitative estimate of drug-likeness (QED) is 0.862. The molecule has 0 aliphatic carbocycles. The Labute approximate surface area is 121 Å². The summed E-state index contributed by atoms with van der Waals surface area (Å²) >= 11 is 5.83. The molecular weight excluding hydrogens is 302 g/mol. The lowest BCUT2D eigenvalue weighted by Gasteiger charge is -2.08. The fourth-order valence-corrected chi connectivity index (χ4v) is 2.75. The zero-order valence-electron chi connectivity index (χ0n) is 10.3. The number of halogens is 1. The molecule has 2 aromatic rings. The number of aliphatic hydroxyl groups excluding tert-OH is 1. The average molecular weight is 314 g/mol. The van der Waals surface area contributed by atoms with Gasteiger partial charge in [0.25, 0.3) is 0 Å². The summed E-state index contributed by atoms with van der Waals surface area (Å²) < 4.78 is 26.6. The van der Waals surface area contributed by atoms with Crippen molar-refractivity contribution in [3.8, 4) is 0 Å². The van der Waals surface area contributed by atoms with Gasteiger partial charge in [-0.2, -0.15) is 10.2 Å². The van der Waals surface area contributed by atoms with Crippen LogP contribution in [0.5, 0.6) is 0 Å². The van der Waals surface area contributed by atoms with Crippen LogP contribution < -0.4 is 4.72 Å². The molecule has 0 aliphatic rings. The highest BCUT2D eigenvalue weighted by atomic mass is 35.5. The minimum atomic E-state index is -3.70. The van der Waals surface area contributed by atoms with Crippen LogP contribution >= 0.6 is 11.6 Å². The zero-order chi connectivity index (χ0) is 14.6. The van der Waals surface area contributed by atoms with Gasteiger partial charge in [0.1, 0.15) is 0 Å². The summed E-state index contributed by atoms with van der Waals surface area (Å²) in [5, 5.41) is 16.9. The van der Waals surface area contributed by atoms with Crippen molar-refractivity contribution in [1.82, 2.24) is 14.9 Å². The summed E-state index contributed by atoms with van der Waals surface area (Å²) in [4.78, 5) is 0.0369. The monoisotopic (exact) mass is 313 g/mol. The van der Waals surface area contributed by atoms with Gasteiger partial charge in [0.2, 0.25) is 10.0 Å². The fourth-order valence-electron chi connectivity index (χ4n) is 1.52. The van der Waals surface area contributed by atoms with Crippen molar-refractivity contribution in [2.45, 2.75) is 18.0 Å².